The molecular formula is C25H22BBr3O6S2. The molecular weight excluding hydrogens is 711 g/mol. The highest BCUT2D eigenvalue weighted by atomic mass is 79.9. The highest BCUT2D eigenvalue weighted by Crippen LogP contribution is 2.23. The summed E-state index contributed by atoms with van der Waals surface area (Å²) in [5.74, 6) is 0.684. The molecule has 4 aromatic carbocycles. The molecule has 0 spiro atoms. The maximum absolute atomic E-state index is 12.2. The number of phenolic OH excluding ortho intramolecular Hbond substituents is 1. The van der Waals surface area contributed by atoms with Crippen LogP contribution in [0.4, 0.5) is 0 Å². The van der Waals surface area contributed by atoms with Crippen LogP contribution in [0.5, 0.6) is 11.5 Å². The summed E-state index contributed by atoms with van der Waals surface area (Å²) in [4.78, 5) is 0.992. The monoisotopic (exact) mass is 730 g/mol. The molecule has 0 heterocycles. The van der Waals surface area contributed by atoms with Crippen LogP contribution in [0.1, 0.15) is 0 Å². The smallest absolute Gasteiger partial charge is 0.369 e. The van der Waals surface area contributed by atoms with Gasteiger partial charge in [-0.25, -0.2) is 16.8 Å². The first-order valence-corrected chi connectivity index (χ1v) is 16.2. The molecule has 0 aliphatic heterocycles. The third kappa shape index (κ3) is 9.61. The van der Waals surface area contributed by atoms with E-state index in [1.54, 1.807) is 92.0 Å². The minimum absolute atomic E-state index is 0.0482. The van der Waals surface area contributed by atoms with Gasteiger partial charge in [-0.05, 0) is 72.8 Å². The van der Waals surface area contributed by atoms with Gasteiger partial charge in [0.1, 0.15) is 11.5 Å². The Balaban J connectivity index is 0.000000228. The Labute approximate surface area is 242 Å². The van der Waals surface area contributed by atoms with Crippen molar-refractivity contribution in [3.63, 3.8) is 0 Å². The van der Waals surface area contributed by atoms with Crippen molar-refractivity contribution >= 4 is 70.1 Å². The number of halogens is 3. The minimum atomic E-state index is -3.47. The first-order chi connectivity index (χ1) is 17.5. The summed E-state index contributed by atoms with van der Waals surface area (Å²) < 4.78 is 53.8. The van der Waals surface area contributed by atoms with Gasteiger partial charge in [0.2, 0.25) is 19.7 Å². The fourth-order valence-electron chi connectivity index (χ4n) is 2.85. The van der Waals surface area contributed by atoms with E-state index < -0.39 is 19.7 Å². The molecule has 4 aromatic rings. The van der Waals surface area contributed by atoms with Crippen LogP contribution in [0, 0.1) is 0 Å². The summed E-state index contributed by atoms with van der Waals surface area (Å²) in [5, 5.41) is 9.10. The number of sulfone groups is 2. The second kappa shape index (κ2) is 14.7. The van der Waals surface area contributed by atoms with Gasteiger partial charge in [0.05, 0.1) is 26.7 Å². The van der Waals surface area contributed by atoms with Crippen molar-refractivity contribution in [3.8, 4) is 11.5 Å². The fourth-order valence-corrected chi connectivity index (χ4v) is 5.42. The minimum Gasteiger partial charge on any atom is -0.508 e. The molecule has 0 aromatic heterocycles. The van der Waals surface area contributed by atoms with E-state index in [2.05, 4.69) is 47.3 Å². The van der Waals surface area contributed by atoms with Crippen molar-refractivity contribution < 1.29 is 26.7 Å². The van der Waals surface area contributed by atoms with Crippen LogP contribution in [0.25, 0.3) is 0 Å². The van der Waals surface area contributed by atoms with Crippen molar-refractivity contribution in [2.24, 2.45) is 0 Å². The summed E-state index contributed by atoms with van der Waals surface area (Å²) in [6.45, 7) is 0. The summed E-state index contributed by atoms with van der Waals surface area (Å²) in [6.07, 6.45) is 0. The lowest BCUT2D eigenvalue weighted by atomic mass is 10.3. The first-order valence-electron chi connectivity index (χ1n) is 10.4. The van der Waals surface area contributed by atoms with Crippen LogP contribution in [-0.2, 0) is 19.7 Å². The van der Waals surface area contributed by atoms with Gasteiger partial charge < -0.3 is 9.84 Å². The van der Waals surface area contributed by atoms with E-state index in [1.165, 1.54) is 24.3 Å². The molecule has 0 bridgehead atoms. The number of methoxy groups -OCH3 is 1. The number of benzene rings is 4. The lowest BCUT2D eigenvalue weighted by Gasteiger charge is -2.05. The molecule has 37 heavy (non-hydrogen) atoms. The van der Waals surface area contributed by atoms with Crippen LogP contribution in [-0.4, -0.2) is 32.2 Å². The van der Waals surface area contributed by atoms with Gasteiger partial charge in [0, 0.05) is 0 Å². The second-order valence-corrected chi connectivity index (χ2v) is 17.4. The van der Waals surface area contributed by atoms with Crippen LogP contribution >= 0.6 is 47.3 Å². The van der Waals surface area contributed by atoms with Gasteiger partial charge in [-0.15, -0.1) is 47.3 Å². The molecule has 194 valence electrons. The van der Waals surface area contributed by atoms with E-state index in [-0.39, 0.29) is 23.6 Å². The SMILES string of the molecule is BrB(Br)Br.COc1ccc(S(=O)(=O)c2ccccc2)cc1.O=S(=O)(c1ccccc1)c1ccc(O)cc1. The Bertz CT molecular complexity index is 1450. The molecule has 12 heteroatoms. The van der Waals surface area contributed by atoms with Crippen molar-refractivity contribution in [2.75, 3.05) is 7.11 Å². The number of phenols is 1. The predicted molar refractivity (Wildman–Crippen MR) is 157 cm³/mol. The van der Waals surface area contributed by atoms with Crippen LogP contribution in [0.2, 0.25) is 0 Å². The lowest BCUT2D eigenvalue weighted by Crippen LogP contribution is -2.01. The van der Waals surface area contributed by atoms with Crippen LogP contribution in [0.15, 0.2) is 129 Å². The fraction of sp³-hybridized carbons (Fsp3) is 0.0400. The third-order valence-electron chi connectivity index (χ3n) is 4.62. The molecule has 0 radical (unpaired) electrons. The van der Waals surface area contributed by atoms with Gasteiger partial charge in [-0.3, -0.25) is 0 Å². The maximum atomic E-state index is 12.2. The summed E-state index contributed by atoms with van der Waals surface area (Å²) in [6, 6.07) is 28.4. The van der Waals surface area contributed by atoms with Gasteiger partial charge in [0.25, 0.3) is 0 Å². The Hall–Kier alpha value is -2.12. The number of hydrogen-bond donors (Lipinski definition) is 1. The molecule has 0 aliphatic carbocycles. The summed E-state index contributed by atoms with van der Waals surface area (Å²) in [7, 11) is -5.34. The van der Waals surface area contributed by atoms with E-state index in [4.69, 9.17) is 9.84 Å². The molecule has 0 saturated heterocycles. The summed E-state index contributed by atoms with van der Waals surface area (Å²) in [5.41, 5.74) is 0. The van der Waals surface area contributed by atoms with Gasteiger partial charge in [-0.1, -0.05) is 36.4 Å². The topological polar surface area (TPSA) is 97.7 Å². The molecule has 6 nitrogen and oxygen atoms in total. The normalized spacial score (nSPS) is 10.7. The number of aromatic hydroxyl groups is 1. The third-order valence-corrected chi connectivity index (χ3v) is 8.19. The first kappa shape index (κ1) is 31.1. The molecule has 0 amide bonds. The largest absolute Gasteiger partial charge is 0.508 e. The van der Waals surface area contributed by atoms with Crippen LogP contribution < -0.4 is 4.74 Å². The van der Waals surface area contributed by atoms with Crippen molar-refractivity contribution in [1.82, 2.24) is 0 Å². The number of hydrogen-bond acceptors (Lipinski definition) is 6. The van der Waals surface area contributed by atoms with E-state index in [0.29, 0.717) is 10.6 Å². The molecule has 0 fully saturated rings. The second-order valence-electron chi connectivity index (χ2n) is 7.05. The molecule has 0 unspecified atom stereocenters. The zero-order valence-electron chi connectivity index (χ0n) is 19.4. The quantitative estimate of drug-likeness (QED) is 0.224. The van der Waals surface area contributed by atoms with Crippen molar-refractivity contribution in [3.05, 3.63) is 109 Å². The van der Waals surface area contributed by atoms with E-state index in [0.717, 1.165) is 0 Å². The average molecular weight is 733 g/mol. The van der Waals surface area contributed by atoms with Gasteiger partial charge in [0.15, 0.2) is 0 Å². The highest BCUT2D eigenvalue weighted by molar-refractivity contribution is 9.69. The van der Waals surface area contributed by atoms with E-state index >= 15 is 0 Å². The lowest BCUT2D eigenvalue weighted by molar-refractivity contribution is 0.414. The van der Waals surface area contributed by atoms with E-state index in [9.17, 15) is 16.8 Å². The number of rotatable bonds is 5. The predicted octanol–water partition coefficient (Wildman–Crippen LogP) is 6.91. The zero-order valence-corrected chi connectivity index (χ0v) is 25.8. The molecule has 1 N–H and O–H groups in total. The summed E-state index contributed by atoms with van der Waals surface area (Å²) >= 11 is 9.31. The maximum Gasteiger partial charge on any atom is 0.369 e. The molecule has 0 aliphatic rings. The Morgan fingerprint density at radius 1 is 0.568 bits per heavy atom. The molecule has 0 saturated carbocycles. The zero-order chi connectivity index (χ0) is 27.5. The average Bonchev–Trinajstić information content (AvgIpc) is 2.90. The molecule has 4 rings (SSSR count). The molecule has 0 atom stereocenters. The van der Waals surface area contributed by atoms with Crippen molar-refractivity contribution in [1.29, 1.82) is 0 Å². The van der Waals surface area contributed by atoms with Gasteiger partial charge >= 0.3 is 3.18 Å². The Morgan fingerprint density at radius 3 is 1.19 bits per heavy atom. The van der Waals surface area contributed by atoms with Gasteiger partial charge in [-0.2, -0.15) is 0 Å². The van der Waals surface area contributed by atoms with Crippen LogP contribution in [0.3, 0.4) is 0 Å². The van der Waals surface area contributed by atoms with E-state index in [1.807, 2.05) is 0 Å². The van der Waals surface area contributed by atoms with Crippen molar-refractivity contribution in [2.45, 2.75) is 19.6 Å². The highest BCUT2D eigenvalue weighted by Gasteiger charge is 2.17. The Kier molecular flexibility index (Phi) is 12.4. The standard InChI is InChI=1S/C13H12O3S.C12H10O3S.BBr3/c1-16-11-7-9-13(10-8-11)17(14,15)12-5-3-2-4-6-12;13-10-6-8-12(9-7-10)16(14,15)11-4-2-1-3-5-11;2-1(3)4/h2-10H,1H3;1-9,13H;. The number of ether oxygens (including phenoxy) is 1. The Morgan fingerprint density at radius 2 is 0.865 bits per heavy atom.